The van der Waals surface area contributed by atoms with Gasteiger partial charge < -0.3 is 5.32 Å². The number of hydrogen-bond donors (Lipinski definition) is 1. The smallest absolute Gasteiger partial charge is 0.286 e. The Labute approximate surface area is 127 Å². The highest BCUT2D eigenvalue weighted by atomic mass is 35.5. The molecular formula is C11H7Cl2N5OS. The van der Waals surface area contributed by atoms with Crippen LogP contribution < -0.4 is 5.32 Å². The van der Waals surface area contributed by atoms with Crippen LogP contribution >= 0.6 is 34.5 Å². The number of hydrogen-bond acceptors (Lipinski definition) is 5. The second-order valence-electron chi connectivity index (χ2n) is 3.96. The van der Waals surface area contributed by atoms with Crippen LogP contribution in [0.4, 0.5) is 5.69 Å². The lowest BCUT2D eigenvalue weighted by Crippen LogP contribution is -2.12. The lowest BCUT2D eigenvalue weighted by molar-refractivity contribution is 0.102. The highest BCUT2D eigenvalue weighted by molar-refractivity contribution is 7.18. The van der Waals surface area contributed by atoms with Gasteiger partial charge in [-0.25, -0.2) is 0 Å². The number of halogens is 2. The molecule has 102 valence electrons. The third-order valence-corrected chi connectivity index (χ3v) is 3.80. The van der Waals surface area contributed by atoms with Crippen molar-refractivity contribution in [1.29, 1.82) is 0 Å². The van der Waals surface area contributed by atoms with Gasteiger partial charge in [0.1, 0.15) is 0 Å². The molecule has 0 aliphatic carbocycles. The van der Waals surface area contributed by atoms with Crippen LogP contribution in [0.15, 0.2) is 18.2 Å². The average Bonchev–Trinajstić information content (AvgIpc) is 2.91. The molecule has 9 heteroatoms. The van der Waals surface area contributed by atoms with E-state index in [1.165, 1.54) is 4.52 Å². The van der Waals surface area contributed by atoms with Crippen molar-refractivity contribution < 1.29 is 4.79 Å². The van der Waals surface area contributed by atoms with E-state index in [0.29, 0.717) is 26.5 Å². The minimum absolute atomic E-state index is 0.286. The molecule has 1 aromatic carbocycles. The maximum Gasteiger partial charge on any atom is 0.286 e. The largest absolute Gasteiger partial charge is 0.320 e. The summed E-state index contributed by atoms with van der Waals surface area (Å²) >= 11 is 12.9. The third-order valence-electron chi connectivity index (χ3n) is 2.46. The van der Waals surface area contributed by atoms with E-state index in [0.717, 1.165) is 11.3 Å². The van der Waals surface area contributed by atoms with Crippen molar-refractivity contribution in [2.75, 3.05) is 5.32 Å². The lowest BCUT2D eigenvalue weighted by atomic mass is 10.3. The Morgan fingerprint density at radius 1 is 1.25 bits per heavy atom. The Hall–Kier alpha value is -1.70. The number of nitrogens with one attached hydrogen (secondary N) is 1. The number of rotatable bonds is 2. The first-order valence-electron chi connectivity index (χ1n) is 5.49. The van der Waals surface area contributed by atoms with E-state index in [4.69, 9.17) is 23.2 Å². The van der Waals surface area contributed by atoms with Crippen LogP contribution in [-0.4, -0.2) is 25.7 Å². The molecule has 3 aromatic rings. The molecule has 0 spiro atoms. The predicted molar refractivity (Wildman–Crippen MR) is 77.8 cm³/mol. The monoisotopic (exact) mass is 327 g/mol. The maximum atomic E-state index is 12.1. The zero-order chi connectivity index (χ0) is 14.3. The maximum absolute atomic E-state index is 12.1. The standard InChI is InChI=1S/C11H7Cl2N5OS/c1-5-15-16-11-18(5)17-10(20-11)9(19)14-8-3-6(12)2-7(13)4-8/h2-4H,1H3,(H,14,19). The molecule has 0 aliphatic rings. The number of aromatic nitrogens is 4. The predicted octanol–water partition coefficient (Wildman–Crippen LogP) is 3.05. The van der Waals surface area contributed by atoms with Gasteiger partial charge in [-0.1, -0.05) is 34.5 Å². The summed E-state index contributed by atoms with van der Waals surface area (Å²) in [6, 6.07) is 4.80. The number of fused-ring (bicyclic) bond motifs is 1. The first-order valence-corrected chi connectivity index (χ1v) is 7.06. The van der Waals surface area contributed by atoms with Crippen LogP contribution in [0.3, 0.4) is 0 Å². The fourth-order valence-corrected chi connectivity index (χ4v) is 2.92. The zero-order valence-electron chi connectivity index (χ0n) is 10.1. The highest BCUT2D eigenvalue weighted by Gasteiger charge is 2.15. The first-order chi connectivity index (χ1) is 9.52. The molecule has 0 saturated carbocycles. The topological polar surface area (TPSA) is 72.2 Å². The van der Waals surface area contributed by atoms with E-state index >= 15 is 0 Å². The van der Waals surface area contributed by atoms with E-state index < -0.39 is 0 Å². The van der Waals surface area contributed by atoms with Crippen molar-refractivity contribution in [3.63, 3.8) is 0 Å². The van der Waals surface area contributed by atoms with E-state index in [1.807, 2.05) is 0 Å². The van der Waals surface area contributed by atoms with Crippen molar-refractivity contribution in [3.8, 4) is 0 Å². The lowest BCUT2D eigenvalue weighted by Gasteiger charge is -2.03. The Bertz CT molecular complexity index is 792. The highest BCUT2D eigenvalue weighted by Crippen LogP contribution is 2.23. The summed E-state index contributed by atoms with van der Waals surface area (Å²) in [5, 5.41) is 15.8. The Kier molecular flexibility index (Phi) is 3.33. The molecule has 6 nitrogen and oxygen atoms in total. The summed E-state index contributed by atoms with van der Waals surface area (Å²) in [6.07, 6.45) is 0. The van der Waals surface area contributed by atoms with Gasteiger partial charge in [0.15, 0.2) is 5.82 Å². The first kappa shape index (κ1) is 13.3. The van der Waals surface area contributed by atoms with Crippen molar-refractivity contribution in [1.82, 2.24) is 19.8 Å². The van der Waals surface area contributed by atoms with Gasteiger partial charge >= 0.3 is 0 Å². The Morgan fingerprint density at radius 3 is 2.60 bits per heavy atom. The van der Waals surface area contributed by atoms with E-state index in [9.17, 15) is 4.79 Å². The summed E-state index contributed by atoms with van der Waals surface area (Å²) in [6.45, 7) is 1.76. The van der Waals surface area contributed by atoms with Crippen molar-refractivity contribution in [3.05, 3.63) is 39.1 Å². The zero-order valence-corrected chi connectivity index (χ0v) is 12.4. The van der Waals surface area contributed by atoms with Gasteiger partial charge in [0.05, 0.1) is 0 Å². The molecule has 3 rings (SSSR count). The minimum Gasteiger partial charge on any atom is -0.320 e. The molecule has 0 saturated heterocycles. The molecule has 0 aliphatic heterocycles. The summed E-state index contributed by atoms with van der Waals surface area (Å²) in [7, 11) is 0. The van der Waals surface area contributed by atoms with Gasteiger partial charge in [-0.05, 0) is 25.1 Å². The van der Waals surface area contributed by atoms with E-state index in [1.54, 1.807) is 25.1 Å². The summed E-state index contributed by atoms with van der Waals surface area (Å²) in [5.41, 5.74) is 0.509. The molecule has 1 N–H and O–H groups in total. The molecule has 0 radical (unpaired) electrons. The number of nitrogens with zero attached hydrogens (tertiary/aromatic N) is 4. The third kappa shape index (κ3) is 2.47. The average molecular weight is 328 g/mol. The number of amides is 1. The molecule has 2 heterocycles. The van der Waals surface area contributed by atoms with Crippen molar-refractivity contribution in [2.45, 2.75) is 6.92 Å². The van der Waals surface area contributed by atoms with Gasteiger partial charge in [-0.3, -0.25) is 4.79 Å². The molecule has 0 fully saturated rings. The number of aryl methyl sites for hydroxylation is 1. The van der Waals surface area contributed by atoms with Crippen LogP contribution in [0.5, 0.6) is 0 Å². The molecule has 1 amide bonds. The number of benzene rings is 1. The van der Waals surface area contributed by atoms with E-state index in [-0.39, 0.29) is 10.9 Å². The molecule has 20 heavy (non-hydrogen) atoms. The summed E-state index contributed by atoms with van der Waals surface area (Å²) in [4.78, 5) is 12.7. The number of anilines is 1. The second-order valence-corrected chi connectivity index (χ2v) is 5.79. The normalized spacial score (nSPS) is 10.9. The number of carbonyl (C=O) groups is 1. The van der Waals surface area contributed by atoms with Gasteiger partial charge in [0, 0.05) is 15.7 Å². The fraction of sp³-hybridized carbons (Fsp3) is 0.0909. The summed E-state index contributed by atoms with van der Waals surface area (Å²) in [5.74, 6) is 0.277. The number of carbonyl (C=O) groups excluding carboxylic acids is 1. The van der Waals surface area contributed by atoms with E-state index in [2.05, 4.69) is 20.6 Å². The molecule has 0 atom stereocenters. The SMILES string of the molecule is Cc1nnc2sc(C(=O)Nc3cc(Cl)cc(Cl)c3)nn12. The molecule has 0 bridgehead atoms. The minimum atomic E-state index is -0.349. The summed E-state index contributed by atoms with van der Waals surface area (Å²) < 4.78 is 1.52. The van der Waals surface area contributed by atoms with Crippen LogP contribution in [0.25, 0.3) is 4.96 Å². The van der Waals surface area contributed by atoms with Crippen LogP contribution in [0.1, 0.15) is 15.6 Å². The van der Waals surface area contributed by atoms with Crippen molar-refractivity contribution >= 4 is 51.1 Å². The second kappa shape index (κ2) is 5.01. The molecule has 2 aromatic heterocycles. The van der Waals surface area contributed by atoms with Crippen LogP contribution in [0, 0.1) is 6.92 Å². The van der Waals surface area contributed by atoms with Gasteiger partial charge in [-0.15, -0.1) is 15.3 Å². The van der Waals surface area contributed by atoms with Crippen LogP contribution in [0.2, 0.25) is 10.0 Å². The van der Waals surface area contributed by atoms with Gasteiger partial charge in [-0.2, -0.15) is 4.52 Å². The fourth-order valence-electron chi connectivity index (χ4n) is 1.62. The Balaban J connectivity index is 1.88. The van der Waals surface area contributed by atoms with Gasteiger partial charge in [0.25, 0.3) is 5.91 Å². The van der Waals surface area contributed by atoms with Crippen molar-refractivity contribution in [2.24, 2.45) is 0 Å². The van der Waals surface area contributed by atoms with Crippen LogP contribution in [-0.2, 0) is 0 Å². The quantitative estimate of drug-likeness (QED) is 0.785. The molecule has 0 unspecified atom stereocenters. The van der Waals surface area contributed by atoms with Gasteiger partial charge in [0.2, 0.25) is 9.97 Å². The Morgan fingerprint density at radius 2 is 1.95 bits per heavy atom. The molecular weight excluding hydrogens is 321 g/mol.